The predicted molar refractivity (Wildman–Crippen MR) is 201 cm³/mol. The van der Waals surface area contributed by atoms with E-state index in [0.717, 1.165) is 57.8 Å². The van der Waals surface area contributed by atoms with Gasteiger partial charge in [0.25, 0.3) is 0 Å². The SMILES string of the molecule is C1=CCC2C(=C1)C1=C(C=C2C2CC=CC3=C2C=CCC3)C2=C(C=C(C3=Cc4ccccc4CC3)CC2)C(c2cccc3c2C=CCC3)C1. The largest absolute Gasteiger partial charge is 0.0839 e. The van der Waals surface area contributed by atoms with Crippen LogP contribution >= 0.6 is 0 Å². The van der Waals surface area contributed by atoms with Gasteiger partial charge in [-0.05, 0) is 149 Å². The summed E-state index contributed by atoms with van der Waals surface area (Å²) < 4.78 is 0. The molecule has 0 bridgehead atoms. The summed E-state index contributed by atoms with van der Waals surface area (Å²) in [5, 5.41) is 0. The maximum atomic E-state index is 2.73. The number of rotatable bonds is 3. The Morgan fingerprint density at radius 3 is 2.42 bits per heavy atom. The molecule has 0 amide bonds. The minimum Gasteiger partial charge on any atom is -0.0839 e. The molecule has 0 radical (unpaired) electrons. The lowest BCUT2D eigenvalue weighted by atomic mass is 9.61. The molecule has 0 N–H and O–H groups in total. The van der Waals surface area contributed by atoms with Crippen molar-refractivity contribution in [1.29, 1.82) is 0 Å². The number of aryl methyl sites for hydroxylation is 2. The molecule has 10 rings (SSSR count). The highest BCUT2D eigenvalue weighted by Gasteiger charge is 2.40. The van der Waals surface area contributed by atoms with Crippen molar-refractivity contribution in [1.82, 2.24) is 0 Å². The second-order valence-corrected chi connectivity index (χ2v) is 15.1. The van der Waals surface area contributed by atoms with E-state index in [1.165, 1.54) is 35.1 Å². The molecule has 3 unspecified atom stereocenters. The van der Waals surface area contributed by atoms with Gasteiger partial charge in [0, 0.05) is 17.8 Å². The predicted octanol–water partition coefficient (Wildman–Crippen LogP) is 12.1. The number of fused-ring (bicyclic) bond motifs is 5. The monoisotopic (exact) mass is 620 g/mol. The Balaban J connectivity index is 1.15. The maximum absolute atomic E-state index is 2.73. The Kier molecular flexibility index (Phi) is 6.92. The summed E-state index contributed by atoms with van der Waals surface area (Å²) in [7, 11) is 0. The molecule has 2 aromatic carbocycles. The molecule has 2 aromatic rings. The third kappa shape index (κ3) is 4.63. The molecule has 8 aliphatic rings. The Bertz CT molecular complexity index is 2100. The molecule has 0 saturated carbocycles. The van der Waals surface area contributed by atoms with Crippen molar-refractivity contribution < 1.29 is 0 Å². The maximum Gasteiger partial charge on any atom is 0.0139 e. The Labute approximate surface area is 286 Å². The lowest BCUT2D eigenvalue weighted by molar-refractivity contribution is 0.573. The number of benzene rings is 2. The molecule has 0 heteroatoms. The molecule has 8 aliphatic carbocycles. The lowest BCUT2D eigenvalue weighted by Gasteiger charge is -2.43. The number of hydrogen-bond acceptors (Lipinski definition) is 0. The number of hydrogen-bond donors (Lipinski definition) is 0. The van der Waals surface area contributed by atoms with E-state index in [4.69, 9.17) is 0 Å². The van der Waals surface area contributed by atoms with Gasteiger partial charge < -0.3 is 0 Å². The standard InChI is InChI=1S/C48H44/c1-2-14-34-27-35(24-23-31(34)11-1)36-25-26-43-44(28-36)46(40-22-10-16-33-13-4-6-18-38(33)40)30-47-42-20-8-7-19-41(42)45(29-48(43)47)39-21-9-15-32-12-3-5-17-37(32)39/h1-2,5-11,14-18,20,22,27-29,39,41,46H,3-4,12-13,19,21,23-26,30H2. The minimum atomic E-state index is 0.388. The molecule has 0 fully saturated rings. The van der Waals surface area contributed by atoms with Crippen LogP contribution < -0.4 is 0 Å². The minimum absolute atomic E-state index is 0.388. The van der Waals surface area contributed by atoms with Crippen molar-refractivity contribution in [2.24, 2.45) is 11.8 Å². The molecule has 0 aliphatic heterocycles. The summed E-state index contributed by atoms with van der Waals surface area (Å²) in [5.74, 6) is 1.37. The summed E-state index contributed by atoms with van der Waals surface area (Å²) in [6.07, 6.45) is 42.4. The normalized spacial score (nSPS) is 26.8. The van der Waals surface area contributed by atoms with Gasteiger partial charge in [-0.1, -0.05) is 121 Å². The Hall–Kier alpha value is -4.42. The van der Waals surface area contributed by atoms with E-state index in [1.807, 2.05) is 0 Å². The van der Waals surface area contributed by atoms with E-state index in [0.29, 0.717) is 17.8 Å². The first-order valence-corrected chi connectivity index (χ1v) is 18.7. The van der Waals surface area contributed by atoms with Gasteiger partial charge in [-0.25, -0.2) is 0 Å². The molecule has 236 valence electrons. The van der Waals surface area contributed by atoms with Crippen LogP contribution in [0.4, 0.5) is 0 Å². The van der Waals surface area contributed by atoms with Crippen LogP contribution in [0, 0.1) is 11.8 Å². The molecule has 0 heterocycles. The van der Waals surface area contributed by atoms with Crippen molar-refractivity contribution >= 4 is 12.2 Å². The second-order valence-electron chi connectivity index (χ2n) is 15.1. The highest BCUT2D eigenvalue weighted by Crippen LogP contribution is 2.56. The van der Waals surface area contributed by atoms with Gasteiger partial charge in [0.2, 0.25) is 0 Å². The molecule has 0 nitrogen and oxygen atoms in total. The van der Waals surface area contributed by atoms with Gasteiger partial charge in [-0.15, -0.1) is 0 Å². The fraction of sp³-hybridized carbons (Fsp3) is 0.292. The summed E-state index contributed by atoms with van der Waals surface area (Å²) in [5.41, 5.74) is 23.5. The first-order chi connectivity index (χ1) is 23.8. The van der Waals surface area contributed by atoms with Crippen LogP contribution in [0.5, 0.6) is 0 Å². The molecule has 3 atom stereocenters. The quantitative estimate of drug-likeness (QED) is 0.320. The van der Waals surface area contributed by atoms with Crippen molar-refractivity contribution in [3.05, 3.63) is 187 Å². The van der Waals surface area contributed by atoms with Crippen LogP contribution in [0.3, 0.4) is 0 Å². The van der Waals surface area contributed by atoms with Gasteiger partial charge in [-0.2, -0.15) is 0 Å². The lowest BCUT2D eigenvalue weighted by Crippen LogP contribution is -2.28. The second kappa shape index (κ2) is 11.6. The highest BCUT2D eigenvalue weighted by molar-refractivity contribution is 5.72. The van der Waals surface area contributed by atoms with Gasteiger partial charge in [0.1, 0.15) is 0 Å². The van der Waals surface area contributed by atoms with Gasteiger partial charge in [-0.3, -0.25) is 0 Å². The third-order valence-electron chi connectivity index (χ3n) is 12.6. The fourth-order valence-electron chi connectivity index (χ4n) is 10.3. The summed E-state index contributed by atoms with van der Waals surface area (Å²) >= 11 is 0. The molecule has 0 saturated heterocycles. The molecule has 0 spiro atoms. The summed E-state index contributed by atoms with van der Waals surface area (Å²) in [6, 6.07) is 16.2. The van der Waals surface area contributed by atoms with E-state index in [2.05, 4.69) is 115 Å². The zero-order valence-corrected chi connectivity index (χ0v) is 28.0. The zero-order valence-electron chi connectivity index (χ0n) is 28.0. The third-order valence-corrected chi connectivity index (χ3v) is 12.6. The van der Waals surface area contributed by atoms with Gasteiger partial charge in [0.15, 0.2) is 0 Å². The first-order valence-electron chi connectivity index (χ1n) is 18.7. The summed E-state index contributed by atoms with van der Waals surface area (Å²) in [4.78, 5) is 0. The smallest absolute Gasteiger partial charge is 0.0139 e. The van der Waals surface area contributed by atoms with E-state index >= 15 is 0 Å². The van der Waals surface area contributed by atoms with Gasteiger partial charge >= 0.3 is 0 Å². The number of allylic oxidation sites excluding steroid dienone is 20. The average molecular weight is 621 g/mol. The average Bonchev–Trinajstić information content (AvgIpc) is 3.16. The van der Waals surface area contributed by atoms with E-state index in [-0.39, 0.29) is 0 Å². The Morgan fingerprint density at radius 1 is 0.562 bits per heavy atom. The van der Waals surface area contributed by atoms with Crippen LogP contribution in [0.25, 0.3) is 12.2 Å². The Morgan fingerprint density at radius 2 is 1.42 bits per heavy atom. The zero-order chi connectivity index (χ0) is 31.6. The van der Waals surface area contributed by atoms with E-state index in [1.54, 1.807) is 61.3 Å². The van der Waals surface area contributed by atoms with E-state index in [9.17, 15) is 0 Å². The summed E-state index contributed by atoms with van der Waals surface area (Å²) in [6.45, 7) is 0. The van der Waals surface area contributed by atoms with Crippen molar-refractivity contribution in [2.45, 2.75) is 76.5 Å². The topological polar surface area (TPSA) is 0 Å². The van der Waals surface area contributed by atoms with Crippen molar-refractivity contribution in [3.8, 4) is 0 Å². The van der Waals surface area contributed by atoms with Crippen molar-refractivity contribution in [3.63, 3.8) is 0 Å². The van der Waals surface area contributed by atoms with Gasteiger partial charge in [0.05, 0.1) is 0 Å². The van der Waals surface area contributed by atoms with Crippen LogP contribution in [0.2, 0.25) is 0 Å². The highest BCUT2D eigenvalue weighted by atomic mass is 14.4. The molecular weight excluding hydrogens is 577 g/mol. The first kappa shape index (κ1) is 28.6. The van der Waals surface area contributed by atoms with Crippen molar-refractivity contribution in [2.75, 3.05) is 0 Å². The molecule has 48 heavy (non-hydrogen) atoms. The fourth-order valence-corrected chi connectivity index (χ4v) is 10.3. The van der Waals surface area contributed by atoms with Crippen LogP contribution in [0.1, 0.15) is 91.5 Å². The van der Waals surface area contributed by atoms with Crippen LogP contribution in [-0.4, -0.2) is 0 Å². The van der Waals surface area contributed by atoms with Crippen LogP contribution in [-0.2, 0) is 12.8 Å². The molecule has 0 aromatic heterocycles. The van der Waals surface area contributed by atoms with Crippen LogP contribution in [0.15, 0.2) is 159 Å². The van der Waals surface area contributed by atoms with E-state index < -0.39 is 0 Å². The molecular formula is C48H44.